The second-order valence-corrected chi connectivity index (χ2v) is 4.09. The van der Waals surface area contributed by atoms with Crippen LogP contribution in [0.15, 0.2) is 0 Å². The van der Waals surface area contributed by atoms with Crippen molar-refractivity contribution in [2.45, 2.75) is 26.2 Å². The Balaban J connectivity index is 2.39. The van der Waals surface area contributed by atoms with Gasteiger partial charge >= 0.3 is 11.9 Å². The molecule has 0 radical (unpaired) electrons. The number of aliphatic carboxylic acids is 1. The van der Waals surface area contributed by atoms with Gasteiger partial charge in [0.1, 0.15) is 6.54 Å². The van der Waals surface area contributed by atoms with Crippen LogP contribution in [0.1, 0.15) is 26.2 Å². The Labute approximate surface area is 99.5 Å². The molecule has 0 aliphatic carbocycles. The van der Waals surface area contributed by atoms with E-state index in [1.165, 1.54) is 4.90 Å². The van der Waals surface area contributed by atoms with Crippen molar-refractivity contribution in [1.29, 1.82) is 0 Å². The van der Waals surface area contributed by atoms with E-state index in [4.69, 9.17) is 9.84 Å². The Hall–Kier alpha value is -1.59. The minimum absolute atomic E-state index is 0.0538. The molecule has 1 N–H and O–H groups in total. The van der Waals surface area contributed by atoms with Gasteiger partial charge in [0, 0.05) is 13.0 Å². The molecule has 6 nitrogen and oxygen atoms in total. The fraction of sp³-hybridized carbons (Fsp3) is 0.727. The van der Waals surface area contributed by atoms with E-state index < -0.39 is 17.9 Å². The molecule has 1 aliphatic heterocycles. The summed E-state index contributed by atoms with van der Waals surface area (Å²) in [6.07, 6.45) is 1.78. The Morgan fingerprint density at radius 3 is 2.82 bits per heavy atom. The van der Waals surface area contributed by atoms with Crippen molar-refractivity contribution in [3.05, 3.63) is 0 Å². The lowest BCUT2D eigenvalue weighted by atomic mass is 10.1. The molecule has 0 aromatic rings. The molecular formula is C11H17NO5. The van der Waals surface area contributed by atoms with E-state index in [-0.39, 0.29) is 25.4 Å². The second-order valence-electron chi connectivity index (χ2n) is 4.09. The third-order valence-corrected chi connectivity index (χ3v) is 2.62. The lowest BCUT2D eigenvalue weighted by Crippen LogP contribution is -2.32. The Bertz CT molecular complexity index is 315. The van der Waals surface area contributed by atoms with Crippen LogP contribution < -0.4 is 0 Å². The smallest absolute Gasteiger partial charge is 0.323 e. The van der Waals surface area contributed by atoms with E-state index in [0.29, 0.717) is 6.61 Å². The number of esters is 1. The van der Waals surface area contributed by atoms with Crippen molar-refractivity contribution in [1.82, 2.24) is 4.90 Å². The first-order valence-corrected chi connectivity index (χ1v) is 5.70. The standard InChI is InChI=1S/C11H17NO5/c1-2-3-4-17-11(16)8-5-9(13)12(6-8)7-10(14)15/h8H,2-7H2,1H3,(H,14,15). The second kappa shape index (κ2) is 6.22. The van der Waals surface area contributed by atoms with E-state index >= 15 is 0 Å². The molecule has 1 unspecified atom stereocenters. The molecule has 1 rings (SSSR count). The van der Waals surface area contributed by atoms with E-state index in [1.54, 1.807) is 0 Å². The van der Waals surface area contributed by atoms with Gasteiger partial charge in [0.05, 0.1) is 12.5 Å². The number of likely N-dealkylation sites (tertiary alicyclic amines) is 1. The Morgan fingerprint density at radius 1 is 1.53 bits per heavy atom. The first-order chi connectivity index (χ1) is 8.04. The average Bonchev–Trinajstić information content (AvgIpc) is 2.60. The molecule has 1 amide bonds. The van der Waals surface area contributed by atoms with Gasteiger partial charge < -0.3 is 14.7 Å². The molecule has 1 atom stereocenters. The Morgan fingerprint density at radius 2 is 2.24 bits per heavy atom. The fourth-order valence-corrected chi connectivity index (χ4v) is 1.68. The number of carboxylic acid groups (broad SMARTS) is 1. The molecule has 1 heterocycles. The van der Waals surface area contributed by atoms with Crippen molar-refractivity contribution < 1.29 is 24.2 Å². The van der Waals surface area contributed by atoms with Crippen molar-refractivity contribution in [2.24, 2.45) is 5.92 Å². The van der Waals surface area contributed by atoms with E-state index in [9.17, 15) is 14.4 Å². The van der Waals surface area contributed by atoms with Gasteiger partial charge in [-0.3, -0.25) is 14.4 Å². The largest absolute Gasteiger partial charge is 0.480 e. The van der Waals surface area contributed by atoms with Crippen LogP contribution in [0, 0.1) is 5.92 Å². The maximum absolute atomic E-state index is 11.5. The zero-order valence-electron chi connectivity index (χ0n) is 9.85. The molecule has 0 aromatic carbocycles. The van der Waals surface area contributed by atoms with Gasteiger partial charge in [-0.2, -0.15) is 0 Å². The topological polar surface area (TPSA) is 83.9 Å². The summed E-state index contributed by atoms with van der Waals surface area (Å²) in [6, 6.07) is 0. The molecule has 1 saturated heterocycles. The summed E-state index contributed by atoms with van der Waals surface area (Å²) in [6.45, 7) is 2.15. The summed E-state index contributed by atoms with van der Waals surface area (Å²) in [4.78, 5) is 34.6. The molecule has 17 heavy (non-hydrogen) atoms. The minimum atomic E-state index is -1.07. The molecule has 1 aliphatic rings. The van der Waals surface area contributed by atoms with Crippen molar-refractivity contribution >= 4 is 17.8 Å². The van der Waals surface area contributed by atoms with Crippen LogP contribution in [0.5, 0.6) is 0 Å². The van der Waals surface area contributed by atoms with Gasteiger partial charge in [-0.15, -0.1) is 0 Å². The summed E-state index contributed by atoms with van der Waals surface area (Å²) in [5, 5.41) is 8.58. The van der Waals surface area contributed by atoms with Crippen LogP contribution in [0.4, 0.5) is 0 Å². The molecule has 0 spiro atoms. The van der Waals surface area contributed by atoms with Crippen LogP contribution in [0.25, 0.3) is 0 Å². The van der Waals surface area contributed by atoms with Crippen LogP contribution in [-0.2, 0) is 19.1 Å². The Kier molecular flexibility index (Phi) is 4.93. The van der Waals surface area contributed by atoms with Crippen LogP contribution in [-0.4, -0.2) is 47.5 Å². The van der Waals surface area contributed by atoms with Crippen molar-refractivity contribution in [3.63, 3.8) is 0 Å². The normalized spacial score (nSPS) is 19.5. The van der Waals surface area contributed by atoms with Gasteiger partial charge in [0.25, 0.3) is 0 Å². The van der Waals surface area contributed by atoms with Crippen LogP contribution >= 0.6 is 0 Å². The summed E-state index contributed by atoms with van der Waals surface area (Å²) in [5.41, 5.74) is 0. The predicted octanol–water partition coefficient (Wildman–Crippen LogP) is 0.263. The number of nitrogens with zero attached hydrogens (tertiary/aromatic N) is 1. The van der Waals surface area contributed by atoms with E-state index in [0.717, 1.165) is 12.8 Å². The molecule has 6 heteroatoms. The lowest BCUT2D eigenvalue weighted by molar-refractivity contribution is -0.148. The third-order valence-electron chi connectivity index (χ3n) is 2.62. The maximum atomic E-state index is 11.5. The number of ether oxygens (including phenoxy) is 1. The SMILES string of the molecule is CCCCOC(=O)C1CC(=O)N(CC(=O)O)C1. The number of hydrogen-bond acceptors (Lipinski definition) is 4. The quantitative estimate of drug-likeness (QED) is 0.534. The van der Waals surface area contributed by atoms with Crippen LogP contribution in [0.3, 0.4) is 0 Å². The van der Waals surface area contributed by atoms with Crippen molar-refractivity contribution in [2.75, 3.05) is 19.7 Å². The summed E-state index contributed by atoms with van der Waals surface area (Å²) < 4.78 is 5.00. The molecular weight excluding hydrogens is 226 g/mol. The molecule has 0 aromatic heterocycles. The summed E-state index contributed by atoms with van der Waals surface area (Å²) in [5.74, 6) is -2.29. The highest BCUT2D eigenvalue weighted by atomic mass is 16.5. The highest BCUT2D eigenvalue weighted by molar-refractivity contribution is 5.88. The van der Waals surface area contributed by atoms with E-state index in [2.05, 4.69) is 0 Å². The average molecular weight is 243 g/mol. The first-order valence-electron chi connectivity index (χ1n) is 5.70. The number of carbonyl (C=O) groups is 3. The number of carboxylic acids is 1. The van der Waals surface area contributed by atoms with Gasteiger partial charge in [0.2, 0.25) is 5.91 Å². The fourth-order valence-electron chi connectivity index (χ4n) is 1.68. The van der Waals surface area contributed by atoms with Gasteiger partial charge in [0.15, 0.2) is 0 Å². The number of amides is 1. The van der Waals surface area contributed by atoms with Gasteiger partial charge in [-0.1, -0.05) is 13.3 Å². The third kappa shape index (κ3) is 4.05. The zero-order chi connectivity index (χ0) is 12.8. The minimum Gasteiger partial charge on any atom is -0.480 e. The van der Waals surface area contributed by atoms with Gasteiger partial charge in [-0.25, -0.2) is 0 Å². The molecule has 96 valence electrons. The van der Waals surface area contributed by atoms with Crippen LogP contribution in [0.2, 0.25) is 0 Å². The monoisotopic (exact) mass is 243 g/mol. The lowest BCUT2D eigenvalue weighted by Gasteiger charge is -2.13. The number of hydrogen-bond donors (Lipinski definition) is 1. The molecule has 1 fully saturated rings. The summed E-state index contributed by atoms with van der Waals surface area (Å²) in [7, 11) is 0. The zero-order valence-corrected chi connectivity index (χ0v) is 9.85. The number of rotatable bonds is 6. The first kappa shape index (κ1) is 13.5. The number of unbranched alkanes of at least 4 members (excludes halogenated alkanes) is 1. The molecule has 0 bridgehead atoms. The molecule has 0 saturated carbocycles. The van der Waals surface area contributed by atoms with Gasteiger partial charge in [-0.05, 0) is 6.42 Å². The highest BCUT2D eigenvalue weighted by Gasteiger charge is 2.35. The highest BCUT2D eigenvalue weighted by Crippen LogP contribution is 2.18. The van der Waals surface area contributed by atoms with E-state index in [1.807, 2.05) is 6.92 Å². The predicted molar refractivity (Wildman–Crippen MR) is 58.2 cm³/mol. The number of carbonyl (C=O) groups excluding carboxylic acids is 2. The van der Waals surface area contributed by atoms with Crippen molar-refractivity contribution in [3.8, 4) is 0 Å². The summed E-state index contributed by atoms with van der Waals surface area (Å²) >= 11 is 0. The maximum Gasteiger partial charge on any atom is 0.323 e.